The Balaban J connectivity index is 2.04. The Morgan fingerprint density at radius 2 is 1.95 bits per heavy atom. The first-order chi connectivity index (χ1) is 8.79. The third-order valence-electron chi connectivity index (χ3n) is 3.94. The molecular weight excluding hydrogens is 260 g/mol. The highest BCUT2D eigenvalue weighted by Gasteiger charge is 2.43. The molecule has 1 aliphatic rings. The topological polar surface area (TPSA) is 43.4 Å². The first-order valence-electron chi connectivity index (χ1n) is 6.39. The van der Waals surface area contributed by atoms with Crippen molar-refractivity contribution in [1.82, 2.24) is 0 Å². The molecule has 0 N–H and O–H groups in total. The molecule has 0 spiro atoms. The maximum absolute atomic E-state index is 11.0. The smallest absolute Gasteiger partial charge is 0.264 e. The fourth-order valence-corrected chi connectivity index (χ4v) is 2.79. The normalized spacial score (nSPS) is 24.2. The standard InChI is InChI=1S/C15H20O3S/c1-15(2)13(9-12-7-5-4-6-8-12)10-14(15)11-18-19(3,16)17/h4-9,14H,10-11H2,1-3H3. The van der Waals surface area contributed by atoms with Crippen LogP contribution in [0, 0.1) is 11.3 Å². The first-order valence-corrected chi connectivity index (χ1v) is 8.21. The van der Waals surface area contributed by atoms with Crippen LogP contribution in [-0.2, 0) is 14.3 Å². The third kappa shape index (κ3) is 3.45. The molecule has 0 heterocycles. The van der Waals surface area contributed by atoms with Crippen LogP contribution in [0.25, 0.3) is 6.08 Å². The summed E-state index contributed by atoms with van der Waals surface area (Å²) in [4.78, 5) is 0. The Kier molecular flexibility index (Phi) is 3.83. The molecule has 0 saturated heterocycles. The fourth-order valence-electron chi connectivity index (χ4n) is 2.38. The van der Waals surface area contributed by atoms with Gasteiger partial charge in [-0.2, -0.15) is 8.42 Å². The zero-order valence-electron chi connectivity index (χ0n) is 11.6. The second kappa shape index (κ2) is 5.10. The lowest BCUT2D eigenvalue weighted by molar-refractivity contribution is 0.103. The van der Waals surface area contributed by atoms with Gasteiger partial charge in [0.1, 0.15) is 0 Å². The number of rotatable bonds is 4. The zero-order valence-corrected chi connectivity index (χ0v) is 12.4. The SMILES string of the molecule is CC1(C)C(=Cc2ccccc2)CC1COS(C)(=O)=O. The maximum atomic E-state index is 11.0. The molecule has 3 nitrogen and oxygen atoms in total. The van der Waals surface area contributed by atoms with Crippen molar-refractivity contribution in [1.29, 1.82) is 0 Å². The molecule has 104 valence electrons. The minimum absolute atomic E-state index is 0.000527. The molecule has 0 bridgehead atoms. The lowest BCUT2D eigenvalue weighted by Gasteiger charge is -2.47. The molecule has 0 radical (unpaired) electrons. The van der Waals surface area contributed by atoms with E-state index in [0.717, 1.165) is 12.7 Å². The average Bonchev–Trinajstić information content (AvgIpc) is 2.33. The maximum Gasteiger partial charge on any atom is 0.264 e. The molecule has 1 unspecified atom stereocenters. The van der Waals surface area contributed by atoms with Crippen molar-refractivity contribution in [2.45, 2.75) is 20.3 Å². The lowest BCUT2D eigenvalue weighted by Crippen LogP contribution is -2.40. The Hall–Kier alpha value is -1.13. The van der Waals surface area contributed by atoms with Gasteiger partial charge in [-0.1, -0.05) is 55.8 Å². The van der Waals surface area contributed by atoms with Crippen LogP contribution in [0.2, 0.25) is 0 Å². The number of allylic oxidation sites excluding steroid dienone is 1. The van der Waals surface area contributed by atoms with Gasteiger partial charge in [-0.05, 0) is 23.3 Å². The predicted molar refractivity (Wildman–Crippen MR) is 77.1 cm³/mol. The zero-order chi connectivity index (χ0) is 14.1. The summed E-state index contributed by atoms with van der Waals surface area (Å²) in [5, 5.41) is 0. The summed E-state index contributed by atoms with van der Waals surface area (Å²) in [5.41, 5.74) is 2.54. The monoisotopic (exact) mass is 280 g/mol. The molecule has 0 aliphatic heterocycles. The van der Waals surface area contributed by atoms with Crippen LogP contribution in [0.5, 0.6) is 0 Å². The van der Waals surface area contributed by atoms with Gasteiger partial charge >= 0.3 is 0 Å². The number of hydrogen-bond acceptors (Lipinski definition) is 3. The highest BCUT2D eigenvalue weighted by atomic mass is 32.2. The lowest BCUT2D eigenvalue weighted by atomic mass is 9.58. The van der Waals surface area contributed by atoms with Crippen molar-refractivity contribution in [2.75, 3.05) is 12.9 Å². The molecule has 4 heteroatoms. The summed E-state index contributed by atoms with van der Waals surface area (Å²) in [7, 11) is -3.34. The molecule has 1 saturated carbocycles. The summed E-state index contributed by atoms with van der Waals surface area (Å²) in [5.74, 6) is 0.261. The predicted octanol–water partition coefficient (Wildman–Crippen LogP) is 3.09. The van der Waals surface area contributed by atoms with E-state index < -0.39 is 10.1 Å². The van der Waals surface area contributed by atoms with Gasteiger partial charge in [0.05, 0.1) is 12.9 Å². The highest BCUT2D eigenvalue weighted by Crippen LogP contribution is 2.51. The van der Waals surface area contributed by atoms with Crippen LogP contribution < -0.4 is 0 Å². The molecule has 1 aromatic rings. The summed E-state index contributed by atoms with van der Waals surface area (Å²) in [6.45, 7) is 4.56. The van der Waals surface area contributed by atoms with E-state index in [4.69, 9.17) is 4.18 Å². The summed E-state index contributed by atoms with van der Waals surface area (Å²) in [6, 6.07) is 10.2. The van der Waals surface area contributed by atoms with Crippen LogP contribution in [0.3, 0.4) is 0 Å². The van der Waals surface area contributed by atoms with Crippen molar-refractivity contribution in [3.8, 4) is 0 Å². The molecule has 0 aromatic heterocycles. The Bertz CT molecular complexity index is 571. The fraction of sp³-hybridized carbons (Fsp3) is 0.467. The van der Waals surface area contributed by atoms with E-state index >= 15 is 0 Å². The summed E-state index contributed by atoms with van der Waals surface area (Å²) in [6.07, 6.45) is 4.19. The van der Waals surface area contributed by atoms with E-state index in [9.17, 15) is 8.42 Å². The quantitative estimate of drug-likeness (QED) is 0.796. The van der Waals surface area contributed by atoms with Crippen molar-refractivity contribution >= 4 is 16.2 Å². The van der Waals surface area contributed by atoms with Crippen LogP contribution in [0.4, 0.5) is 0 Å². The van der Waals surface area contributed by atoms with Gasteiger partial charge in [-0.3, -0.25) is 4.18 Å². The number of hydrogen-bond donors (Lipinski definition) is 0. The molecule has 1 fully saturated rings. The number of benzene rings is 1. The van der Waals surface area contributed by atoms with Crippen LogP contribution >= 0.6 is 0 Å². The van der Waals surface area contributed by atoms with Gasteiger partial charge in [0.15, 0.2) is 0 Å². The largest absolute Gasteiger partial charge is 0.270 e. The second-order valence-electron chi connectivity index (χ2n) is 5.69. The van der Waals surface area contributed by atoms with E-state index in [2.05, 4.69) is 32.1 Å². The van der Waals surface area contributed by atoms with Crippen molar-refractivity contribution in [3.63, 3.8) is 0 Å². The van der Waals surface area contributed by atoms with Crippen LogP contribution in [0.1, 0.15) is 25.8 Å². The van der Waals surface area contributed by atoms with Gasteiger partial charge in [0, 0.05) is 0 Å². The van der Waals surface area contributed by atoms with E-state index in [-0.39, 0.29) is 17.9 Å². The molecule has 1 atom stereocenters. The van der Waals surface area contributed by atoms with Crippen molar-refractivity contribution in [3.05, 3.63) is 41.5 Å². The Labute approximate surface area is 115 Å². The molecule has 2 rings (SSSR count). The minimum atomic E-state index is -3.34. The minimum Gasteiger partial charge on any atom is -0.270 e. The van der Waals surface area contributed by atoms with Crippen molar-refractivity contribution < 1.29 is 12.6 Å². The molecule has 1 aliphatic carbocycles. The Morgan fingerprint density at radius 3 is 2.47 bits per heavy atom. The molecule has 0 amide bonds. The van der Waals surface area contributed by atoms with E-state index in [1.54, 1.807) is 0 Å². The Morgan fingerprint density at radius 1 is 1.32 bits per heavy atom. The van der Waals surface area contributed by atoms with Gasteiger partial charge in [-0.15, -0.1) is 0 Å². The van der Waals surface area contributed by atoms with E-state index in [1.165, 1.54) is 11.1 Å². The first kappa shape index (κ1) is 14.3. The molecular formula is C15H20O3S. The van der Waals surface area contributed by atoms with Gasteiger partial charge in [0.25, 0.3) is 10.1 Å². The third-order valence-corrected chi connectivity index (χ3v) is 4.50. The van der Waals surface area contributed by atoms with E-state index in [1.807, 2.05) is 18.2 Å². The van der Waals surface area contributed by atoms with Gasteiger partial charge in [-0.25, -0.2) is 0 Å². The molecule has 1 aromatic carbocycles. The van der Waals surface area contributed by atoms with Crippen molar-refractivity contribution in [2.24, 2.45) is 11.3 Å². The van der Waals surface area contributed by atoms with Gasteiger partial charge < -0.3 is 0 Å². The second-order valence-corrected chi connectivity index (χ2v) is 7.34. The van der Waals surface area contributed by atoms with Gasteiger partial charge in [0.2, 0.25) is 0 Å². The van der Waals surface area contributed by atoms with Crippen LogP contribution in [-0.4, -0.2) is 21.3 Å². The van der Waals surface area contributed by atoms with Crippen LogP contribution in [0.15, 0.2) is 35.9 Å². The summed E-state index contributed by atoms with van der Waals surface area (Å²) < 4.78 is 27.0. The summed E-state index contributed by atoms with van der Waals surface area (Å²) >= 11 is 0. The highest BCUT2D eigenvalue weighted by molar-refractivity contribution is 7.85. The average molecular weight is 280 g/mol. The molecule has 19 heavy (non-hydrogen) atoms. The van der Waals surface area contributed by atoms with E-state index in [0.29, 0.717) is 0 Å².